The van der Waals surface area contributed by atoms with E-state index in [-0.39, 0.29) is 11.0 Å². The maximum absolute atomic E-state index is 11.0. The van der Waals surface area contributed by atoms with Crippen LogP contribution in [0.4, 0.5) is 5.69 Å². The van der Waals surface area contributed by atoms with Crippen molar-refractivity contribution in [1.82, 2.24) is 0 Å². The lowest BCUT2D eigenvalue weighted by molar-refractivity contribution is 0.112. The largest absolute Gasteiger partial charge is 0.380 e. The number of hydrogen-bond donors (Lipinski definition) is 1. The first kappa shape index (κ1) is 12.2. The van der Waals surface area contributed by atoms with Crippen molar-refractivity contribution in [3.05, 3.63) is 28.8 Å². The Hall–Kier alpha value is -1.31. The Kier molecular flexibility index (Phi) is 2.57. The molecule has 0 bridgehead atoms. The van der Waals surface area contributed by atoms with Crippen LogP contribution in [-0.4, -0.2) is 11.8 Å². The second-order valence-electron chi connectivity index (χ2n) is 6.44. The van der Waals surface area contributed by atoms with Gasteiger partial charge in [0, 0.05) is 16.8 Å². The minimum absolute atomic E-state index is 0.0753. The summed E-state index contributed by atoms with van der Waals surface area (Å²) in [4.78, 5) is 11.0. The van der Waals surface area contributed by atoms with Crippen LogP contribution in [0.5, 0.6) is 0 Å². The topological polar surface area (TPSA) is 29.1 Å². The Morgan fingerprint density at radius 3 is 2.47 bits per heavy atom. The number of carbonyl (C=O) groups excluding carboxylic acids is 1. The predicted molar refractivity (Wildman–Crippen MR) is 71.9 cm³/mol. The number of aryl methyl sites for hydroxylation is 1. The van der Waals surface area contributed by atoms with Gasteiger partial charge in [0.15, 0.2) is 0 Å². The lowest BCUT2D eigenvalue weighted by atomic mass is 9.70. The highest BCUT2D eigenvalue weighted by Gasteiger charge is 2.37. The molecule has 0 fully saturated rings. The van der Waals surface area contributed by atoms with Crippen LogP contribution in [0.15, 0.2) is 12.1 Å². The average Bonchev–Trinajstić information content (AvgIpc) is 2.16. The zero-order chi connectivity index (χ0) is 12.8. The van der Waals surface area contributed by atoms with Crippen LogP contribution in [0.2, 0.25) is 0 Å². The van der Waals surface area contributed by atoms with Crippen molar-refractivity contribution in [2.45, 2.75) is 52.0 Å². The summed E-state index contributed by atoms with van der Waals surface area (Å²) in [6.45, 7) is 11.0. The third-order valence-corrected chi connectivity index (χ3v) is 3.62. The highest BCUT2D eigenvalue weighted by Crippen LogP contribution is 2.43. The molecular formula is C15H21NO. The minimum atomic E-state index is 0.0753. The second-order valence-corrected chi connectivity index (χ2v) is 6.44. The maximum Gasteiger partial charge on any atom is 0.150 e. The average molecular weight is 231 g/mol. The predicted octanol–water partition coefficient (Wildman–Crippen LogP) is 3.68. The molecule has 0 amide bonds. The van der Waals surface area contributed by atoms with Gasteiger partial charge >= 0.3 is 0 Å². The molecule has 1 aromatic carbocycles. The SMILES string of the molecule is Cc1cc2c(cc1C=O)NC(C)(C)CC2(C)C. The number of carbonyl (C=O) groups is 1. The van der Waals surface area contributed by atoms with Gasteiger partial charge in [0.1, 0.15) is 6.29 Å². The molecule has 0 aliphatic carbocycles. The number of hydrogen-bond acceptors (Lipinski definition) is 2. The summed E-state index contributed by atoms with van der Waals surface area (Å²) < 4.78 is 0. The number of nitrogens with one attached hydrogen (secondary N) is 1. The van der Waals surface area contributed by atoms with Crippen molar-refractivity contribution in [3.8, 4) is 0 Å². The monoisotopic (exact) mass is 231 g/mol. The van der Waals surface area contributed by atoms with Crippen molar-refractivity contribution in [2.75, 3.05) is 5.32 Å². The molecule has 0 spiro atoms. The van der Waals surface area contributed by atoms with Crippen LogP contribution in [0.3, 0.4) is 0 Å². The van der Waals surface area contributed by atoms with E-state index in [0.29, 0.717) is 0 Å². The first-order valence-electron chi connectivity index (χ1n) is 6.14. The summed E-state index contributed by atoms with van der Waals surface area (Å²) in [5.74, 6) is 0. The highest BCUT2D eigenvalue weighted by atomic mass is 16.1. The van der Waals surface area contributed by atoms with Crippen LogP contribution >= 0.6 is 0 Å². The molecule has 0 saturated carbocycles. The molecule has 0 atom stereocenters. The molecule has 92 valence electrons. The van der Waals surface area contributed by atoms with Crippen molar-refractivity contribution < 1.29 is 4.79 Å². The minimum Gasteiger partial charge on any atom is -0.380 e. The van der Waals surface area contributed by atoms with Crippen LogP contribution in [0.25, 0.3) is 0 Å². The van der Waals surface area contributed by atoms with Gasteiger partial charge in [-0.2, -0.15) is 0 Å². The van der Waals surface area contributed by atoms with E-state index in [1.54, 1.807) is 0 Å². The van der Waals surface area contributed by atoms with Crippen molar-refractivity contribution in [2.24, 2.45) is 0 Å². The summed E-state index contributed by atoms with van der Waals surface area (Å²) in [7, 11) is 0. The van der Waals surface area contributed by atoms with E-state index in [4.69, 9.17) is 0 Å². The molecule has 1 aromatic rings. The van der Waals surface area contributed by atoms with E-state index in [9.17, 15) is 4.79 Å². The Morgan fingerprint density at radius 1 is 1.24 bits per heavy atom. The fourth-order valence-corrected chi connectivity index (χ4v) is 3.12. The molecular weight excluding hydrogens is 210 g/mol. The fourth-order valence-electron chi connectivity index (χ4n) is 3.12. The normalized spacial score (nSPS) is 20.3. The van der Waals surface area contributed by atoms with Crippen LogP contribution < -0.4 is 5.32 Å². The molecule has 1 aliphatic heterocycles. The zero-order valence-corrected chi connectivity index (χ0v) is 11.3. The fraction of sp³-hybridized carbons (Fsp3) is 0.533. The van der Waals surface area contributed by atoms with E-state index >= 15 is 0 Å². The molecule has 2 heteroatoms. The summed E-state index contributed by atoms with van der Waals surface area (Å²) in [6, 6.07) is 4.14. The molecule has 0 unspecified atom stereocenters. The lowest BCUT2D eigenvalue weighted by Crippen LogP contribution is -2.43. The molecule has 1 heterocycles. The Morgan fingerprint density at radius 2 is 1.88 bits per heavy atom. The summed E-state index contributed by atoms with van der Waals surface area (Å²) in [5, 5.41) is 3.53. The molecule has 2 nitrogen and oxygen atoms in total. The van der Waals surface area contributed by atoms with Gasteiger partial charge in [-0.1, -0.05) is 19.9 Å². The Balaban J connectivity index is 2.62. The summed E-state index contributed by atoms with van der Waals surface area (Å²) in [5.41, 5.74) is 4.50. The molecule has 1 aliphatic rings. The molecule has 17 heavy (non-hydrogen) atoms. The van der Waals surface area contributed by atoms with Gasteiger partial charge in [-0.25, -0.2) is 0 Å². The maximum atomic E-state index is 11.0. The molecule has 0 radical (unpaired) electrons. The third kappa shape index (κ3) is 2.08. The molecule has 0 saturated heterocycles. The number of rotatable bonds is 1. The number of anilines is 1. The molecule has 2 rings (SSSR count). The van der Waals surface area contributed by atoms with Gasteiger partial charge in [0.25, 0.3) is 0 Å². The van der Waals surface area contributed by atoms with Gasteiger partial charge in [-0.3, -0.25) is 4.79 Å². The lowest BCUT2D eigenvalue weighted by Gasteiger charge is -2.44. The van der Waals surface area contributed by atoms with E-state index in [1.807, 2.05) is 13.0 Å². The number of benzene rings is 1. The van der Waals surface area contributed by atoms with E-state index in [2.05, 4.69) is 39.1 Å². The number of aldehydes is 1. The van der Waals surface area contributed by atoms with Crippen LogP contribution in [-0.2, 0) is 5.41 Å². The van der Waals surface area contributed by atoms with Crippen molar-refractivity contribution in [3.63, 3.8) is 0 Å². The van der Waals surface area contributed by atoms with E-state index in [0.717, 1.165) is 29.5 Å². The van der Waals surface area contributed by atoms with Gasteiger partial charge in [-0.15, -0.1) is 0 Å². The van der Waals surface area contributed by atoms with E-state index < -0.39 is 0 Å². The Bertz CT molecular complexity index is 472. The highest BCUT2D eigenvalue weighted by molar-refractivity contribution is 5.81. The Labute approximate surface area is 103 Å². The summed E-state index contributed by atoms with van der Waals surface area (Å²) >= 11 is 0. The first-order chi connectivity index (χ1) is 7.75. The van der Waals surface area contributed by atoms with Crippen molar-refractivity contribution >= 4 is 12.0 Å². The van der Waals surface area contributed by atoms with Gasteiger partial charge in [0.05, 0.1) is 0 Å². The van der Waals surface area contributed by atoms with Gasteiger partial charge in [0.2, 0.25) is 0 Å². The zero-order valence-electron chi connectivity index (χ0n) is 11.3. The molecule has 0 aromatic heterocycles. The molecule has 1 N–H and O–H groups in total. The van der Waals surface area contributed by atoms with Gasteiger partial charge < -0.3 is 5.32 Å². The van der Waals surface area contributed by atoms with E-state index in [1.165, 1.54) is 5.56 Å². The van der Waals surface area contributed by atoms with Crippen LogP contribution in [0.1, 0.15) is 55.6 Å². The quantitative estimate of drug-likeness (QED) is 0.747. The standard InChI is InChI=1S/C15H21NO/c1-10-6-12-13(7-11(10)8-17)16-15(4,5)9-14(12,2)3/h6-8,16H,9H2,1-5H3. The second kappa shape index (κ2) is 3.59. The smallest absolute Gasteiger partial charge is 0.150 e. The van der Waals surface area contributed by atoms with Crippen LogP contribution in [0, 0.1) is 6.92 Å². The first-order valence-corrected chi connectivity index (χ1v) is 6.14. The number of fused-ring (bicyclic) bond motifs is 1. The van der Waals surface area contributed by atoms with Crippen molar-refractivity contribution in [1.29, 1.82) is 0 Å². The van der Waals surface area contributed by atoms with Gasteiger partial charge in [-0.05, 0) is 49.8 Å². The third-order valence-electron chi connectivity index (χ3n) is 3.62. The summed E-state index contributed by atoms with van der Waals surface area (Å²) in [6.07, 6.45) is 2.03.